The summed E-state index contributed by atoms with van der Waals surface area (Å²) in [5, 5.41) is 25.6. The number of nitrogens with one attached hydrogen (secondary N) is 3. The van der Waals surface area contributed by atoms with Crippen LogP contribution in [0, 0.1) is 5.92 Å². The number of hydrogen-bond donors (Lipinski definition) is 7. The normalized spacial score (nSPS) is 15.8. The van der Waals surface area contributed by atoms with Crippen molar-refractivity contribution in [1.29, 1.82) is 0 Å². The van der Waals surface area contributed by atoms with Gasteiger partial charge < -0.3 is 37.6 Å². The maximum Gasteiger partial charge on any atom is 0.328 e. The Kier molecular flexibility index (Phi) is 12.8. The highest BCUT2D eigenvalue weighted by Crippen LogP contribution is 2.05. The fourth-order valence-corrected chi connectivity index (χ4v) is 2.87. The highest BCUT2D eigenvalue weighted by molar-refractivity contribution is 7.98. The first kappa shape index (κ1) is 28.6. The Morgan fingerprint density at radius 1 is 0.935 bits per heavy atom. The average Bonchev–Trinajstić information content (AvgIpc) is 2.66. The summed E-state index contributed by atoms with van der Waals surface area (Å²) in [4.78, 5) is 60.1. The second-order valence-corrected chi connectivity index (χ2v) is 8.39. The number of rotatable bonds is 14. The van der Waals surface area contributed by atoms with Crippen molar-refractivity contribution in [3.63, 3.8) is 0 Å². The van der Waals surface area contributed by atoms with Crippen molar-refractivity contribution < 1.29 is 34.2 Å². The minimum Gasteiger partial charge on any atom is -0.480 e. The molecule has 9 N–H and O–H groups in total. The fraction of sp³-hybridized carbons (Fsp3) is 0.722. The zero-order valence-corrected chi connectivity index (χ0v) is 18.9. The largest absolute Gasteiger partial charge is 0.480 e. The molecule has 0 aliphatic carbocycles. The zero-order valence-electron chi connectivity index (χ0n) is 18.1. The third-order valence-corrected chi connectivity index (χ3v) is 4.99. The van der Waals surface area contributed by atoms with E-state index in [1.807, 2.05) is 0 Å². The van der Waals surface area contributed by atoms with Gasteiger partial charge in [-0.25, -0.2) is 4.79 Å². The summed E-state index contributed by atoms with van der Waals surface area (Å²) in [5.74, 6) is -4.45. The van der Waals surface area contributed by atoms with Crippen molar-refractivity contribution in [2.45, 2.75) is 63.9 Å². The number of carboxylic acids is 1. The molecule has 0 saturated heterocycles. The summed E-state index contributed by atoms with van der Waals surface area (Å²) in [5.41, 5.74) is 10.9. The molecule has 0 rings (SSSR count). The molecule has 0 fully saturated rings. The molecule has 178 valence electrons. The second-order valence-electron chi connectivity index (χ2n) is 7.41. The SMILES string of the molecule is CSCCC(NC(=O)C(CC(N)=O)NC(=O)C(N)C(C)C)C(=O)NC(C(=O)O)C(C)O. The van der Waals surface area contributed by atoms with Crippen LogP contribution >= 0.6 is 11.8 Å². The quantitative estimate of drug-likeness (QED) is 0.145. The van der Waals surface area contributed by atoms with Gasteiger partial charge in [0.25, 0.3) is 0 Å². The highest BCUT2D eigenvalue weighted by Gasteiger charge is 2.32. The first-order valence-corrected chi connectivity index (χ1v) is 11.1. The molecule has 0 spiro atoms. The molecule has 12 nitrogen and oxygen atoms in total. The number of thioether (sulfide) groups is 1. The Labute approximate surface area is 185 Å². The van der Waals surface area contributed by atoms with Crippen LogP contribution in [0.5, 0.6) is 0 Å². The van der Waals surface area contributed by atoms with Crippen LogP contribution in [-0.4, -0.2) is 82.1 Å². The van der Waals surface area contributed by atoms with Gasteiger partial charge in [-0.2, -0.15) is 11.8 Å². The van der Waals surface area contributed by atoms with Crippen molar-refractivity contribution in [3.8, 4) is 0 Å². The molecule has 5 atom stereocenters. The van der Waals surface area contributed by atoms with Crippen molar-refractivity contribution in [2.24, 2.45) is 17.4 Å². The van der Waals surface area contributed by atoms with Crippen molar-refractivity contribution in [1.82, 2.24) is 16.0 Å². The van der Waals surface area contributed by atoms with E-state index in [9.17, 15) is 29.1 Å². The van der Waals surface area contributed by atoms with Gasteiger partial charge in [0, 0.05) is 0 Å². The number of carboxylic acid groups (broad SMARTS) is 1. The predicted molar refractivity (Wildman–Crippen MR) is 115 cm³/mol. The molecule has 5 unspecified atom stereocenters. The number of primary amides is 1. The van der Waals surface area contributed by atoms with E-state index < -0.39 is 66.3 Å². The number of aliphatic carboxylic acids is 1. The van der Waals surface area contributed by atoms with Gasteiger partial charge in [0.15, 0.2) is 6.04 Å². The third kappa shape index (κ3) is 10.5. The summed E-state index contributed by atoms with van der Waals surface area (Å²) in [7, 11) is 0. The van der Waals surface area contributed by atoms with Gasteiger partial charge in [-0.15, -0.1) is 0 Å². The Bertz CT molecular complexity index is 659. The van der Waals surface area contributed by atoms with Gasteiger partial charge in [-0.1, -0.05) is 13.8 Å². The third-order valence-electron chi connectivity index (χ3n) is 4.35. The molecule has 31 heavy (non-hydrogen) atoms. The number of aliphatic hydroxyl groups excluding tert-OH is 1. The Morgan fingerprint density at radius 2 is 1.45 bits per heavy atom. The first-order chi connectivity index (χ1) is 14.3. The molecule has 0 saturated carbocycles. The molecular weight excluding hydrogens is 430 g/mol. The van der Waals surface area contributed by atoms with E-state index in [-0.39, 0.29) is 12.3 Å². The van der Waals surface area contributed by atoms with Gasteiger partial charge >= 0.3 is 5.97 Å². The molecule has 13 heteroatoms. The maximum atomic E-state index is 12.7. The number of nitrogens with two attached hydrogens (primary N) is 2. The van der Waals surface area contributed by atoms with E-state index in [1.165, 1.54) is 18.7 Å². The highest BCUT2D eigenvalue weighted by atomic mass is 32.2. The number of carbonyl (C=O) groups is 5. The Hall–Kier alpha value is -2.38. The topological polar surface area (TPSA) is 214 Å². The maximum absolute atomic E-state index is 12.7. The molecule has 0 bridgehead atoms. The first-order valence-electron chi connectivity index (χ1n) is 9.66. The number of amides is 4. The Morgan fingerprint density at radius 3 is 1.87 bits per heavy atom. The lowest BCUT2D eigenvalue weighted by Crippen LogP contribution is -2.59. The molecule has 0 aromatic heterocycles. The minimum absolute atomic E-state index is 0.133. The van der Waals surface area contributed by atoms with Crippen molar-refractivity contribution >= 4 is 41.4 Å². The predicted octanol–water partition coefficient (Wildman–Crippen LogP) is -2.48. The lowest BCUT2D eigenvalue weighted by molar-refractivity contribution is -0.145. The summed E-state index contributed by atoms with van der Waals surface area (Å²) in [6.45, 7) is 4.61. The lowest BCUT2D eigenvalue weighted by atomic mass is 10.0. The number of aliphatic hydroxyl groups is 1. The van der Waals surface area contributed by atoms with E-state index in [4.69, 9.17) is 16.6 Å². The molecule has 0 aliphatic heterocycles. The molecule has 0 aromatic carbocycles. The minimum atomic E-state index is -1.58. The Balaban J connectivity index is 5.48. The second kappa shape index (κ2) is 13.8. The standard InChI is InChI=1S/C18H33N5O7S/c1-8(2)13(20)17(28)22-11(7-12(19)25)16(27)21-10(5-6-31-4)15(26)23-14(9(3)24)18(29)30/h8-11,13-14,24H,5-7,20H2,1-4H3,(H2,19,25)(H,21,27)(H,22,28)(H,23,26)(H,29,30). The smallest absolute Gasteiger partial charge is 0.328 e. The molecular formula is C18H33N5O7S. The van der Waals surface area contributed by atoms with Gasteiger partial charge in [0.05, 0.1) is 18.6 Å². The van der Waals surface area contributed by atoms with Crippen LogP contribution in [0.1, 0.15) is 33.6 Å². The summed E-state index contributed by atoms with van der Waals surface area (Å²) in [6, 6.07) is -5.05. The summed E-state index contributed by atoms with van der Waals surface area (Å²) >= 11 is 1.39. The molecule has 0 radical (unpaired) electrons. The molecule has 0 heterocycles. The van der Waals surface area contributed by atoms with Crippen molar-refractivity contribution in [2.75, 3.05) is 12.0 Å². The van der Waals surface area contributed by atoms with E-state index in [0.717, 1.165) is 0 Å². The van der Waals surface area contributed by atoms with Gasteiger partial charge in [-0.05, 0) is 31.3 Å². The van der Waals surface area contributed by atoms with E-state index in [0.29, 0.717) is 5.75 Å². The van der Waals surface area contributed by atoms with Crippen molar-refractivity contribution in [3.05, 3.63) is 0 Å². The molecule has 4 amide bonds. The summed E-state index contributed by atoms with van der Waals surface area (Å²) in [6.07, 6.45) is 0.00624. The number of hydrogen-bond acceptors (Lipinski definition) is 8. The van der Waals surface area contributed by atoms with Gasteiger partial charge in [0.1, 0.15) is 12.1 Å². The van der Waals surface area contributed by atoms with E-state index in [1.54, 1.807) is 20.1 Å². The van der Waals surface area contributed by atoms with Crippen LogP contribution < -0.4 is 27.4 Å². The van der Waals surface area contributed by atoms with Gasteiger partial charge in [-0.3, -0.25) is 19.2 Å². The van der Waals surface area contributed by atoms with Crippen LogP contribution in [0.3, 0.4) is 0 Å². The van der Waals surface area contributed by atoms with Crippen LogP contribution in [-0.2, 0) is 24.0 Å². The van der Waals surface area contributed by atoms with Crippen LogP contribution in [0.4, 0.5) is 0 Å². The molecule has 0 aromatic rings. The van der Waals surface area contributed by atoms with Crippen LogP contribution in [0.15, 0.2) is 0 Å². The van der Waals surface area contributed by atoms with Gasteiger partial charge in [0.2, 0.25) is 23.6 Å². The van der Waals surface area contributed by atoms with E-state index in [2.05, 4.69) is 16.0 Å². The fourth-order valence-electron chi connectivity index (χ4n) is 2.40. The van der Waals surface area contributed by atoms with Crippen LogP contribution in [0.2, 0.25) is 0 Å². The average molecular weight is 464 g/mol. The number of carbonyl (C=O) groups excluding carboxylic acids is 4. The van der Waals surface area contributed by atoms with E-state index >= 15 is 0 Å². The molecule has 0 aliphatic rings. The summed E-state index contributed by atoms with van der Waals surface area (Å²) < 4.78 is 0. The zero-order chi connectivity index (χ0) is 24.3. The lowest BCUT2D eigenvalue weighted by Gasteiger charge is -2.25. The van der Waals surface area contributed by atoms with Crippen LogP contribution in [0.25, 0.3) is 0 Å². The monoisotopic (exact) mass is 463 g/mol.